The van der Waals surface area contributed by atoms with E-state index in [9.17, 15) is 0 Å². The summed E-state index contributed by atoms with van der Waals surface area (Å²) in [4.78, 5) is 0. The first-order chi connectivity index (χ1) is 8.84. The van der Waals surface area contributed by atoms with Gasteiger partial charge in [-0.25, -0.2) is 0 Å². The summed E-state index contributed by atoms with van der Waals surface area (Å²) in [6, 6.07) is 3.73. The van der Waals surface area contributed by atoms with Crippen LogP contribution in [0.1, 0.15) is 12.0 Å². The van der Waals surface area contributed by atoms with Crippen LogP contribution in [0.3, 0.4) is 0 Å². The highest BCUT2D eigenvalue weighted by molar-refractivity contribution is 7.80. The van der Waals surface area contributed by atoms with E-state index in [2.05, 4.69) is 19.2 Å². The molecule has 0 fully saturated rings. The van der Waals surface area contributed by atoms with Crippen LogP contribution in [-0.2, 0) is 11.0 Å². The van der Waals surface area contributed by atoms with E-state index in [0.29, 0.717) is 6.61 Å². The lowest BCUT2D eigenvalue weighted by atomic mass is 10.2. The van der Waals surface area contributed by atoms with Crippen molar-refractivity contribution >= 4 is 65.6 Å². The van der Waals surface area contributed by atoms with Gasteiger partial charge in [0.25, 0.3) is 0 Å². The van der Waals surface area contributed by atoms with Gasteiger partial charge in [0.05, 0.1) is 6.61 Å². The molecule has 1 heterocycles. The fourth-order valence-corrected chi connectivity index (χ4v) is 6.36. The van der Waals surface area contributed by atoms with E-state index in [1.54, 1.807) is 0 Å². The second kappa shape index (κ2) is 6.17. The molecule has 8 heteroatoms. The summed E-state index contributed by atoms with van der Waals surface area (Å²) in [5.74, 6) is 1.71. The lowest BCUT2D eigenvalue weighted by molar-refractivity contribution is 0.205. The van der Waals surface area contributed by atoms with Crippen LogP contribution in [0.5, 0.6) is 5.75 Å². The Bertz CT molecular complexity index is 470. The number of hydrogen-bond donors (Lipinski definition) is 1. The first kappa shape index (κ1) is 16.0. The van der Waals surface area contributed by atoms with Gasteiger partial charge in [0, 0.05) is 11.6 Å². The number of rotatable bonds is 4. The standard InChI is InChI=1S/C11H15Cl3O2SSi2/c1-18(6-2-5-17)15-8-9-7-10(19(12,13)14)3-4-11(9)16-18/h3-4,7,17H,2,5-6,8H2,1H3. The molecule has 0 N–H and O–H groups in total. The van der Waals surface area contributed by atoms with Gasteiger partial charge >= 0.3 is 14.6 Å². The van der Waals surface area contributed by atoms with E-state index in [-0.39, 0.29) is 0 Å². The molecule has 1 aromatic carbocycles. The molecule has 0 radical (unpaired) electrons. The maximum Gasteiger partial charge on any atom is 0.395 e. The molecule has 0 aromatic heterocycles. The minimum atomic E-state index is -2.84. The lowest BCUT2D eigenvalue weighted by Gasteiger charge is -2.33. The van der Waals surface area contributed by atoms with Crippen molar-refractivity contribution in [2.45, 2.75) is 25.6 Å². The molecule has 106 valence electrons. The molecular formula is C11H15Cl3O2SSi2. The van der Waals surface area contributed by atoms with Crippen molar-refractivity contribution in [1.29, 1.82) is 0 Å². The molecule has 19 heavy (non-hydrogen) atoms. The molecule has 1 unspecified atom stereocenters. The summed E-state index contributed by atoms with van der Waals surface area (Å²) in [6.07, 6.45) is 1.00. The van der Waals surface area contributed by atoms with Crippen molar-refractivity contribution in [2.24, 2.45) is 0 Å². The third-order valence-electron chi connectivity index (χ3n) is 3.04. The number of halogens is 3. The summed E-state index contributed by atoms with van der Waals surface area (Å²) in [6.45, 7) is 2.62. The summed E-state index contributed by atoms with van der Waals surface area (Å²) >= 11 is 22.3. The summed E-state index contributed by atoms with van der Waals surface area (Å²) in [7, 11) is -2.11. The van der Waals surface area contributed by atoms with Gasteiger partial charge < -0.3 is 8.85 Å². The van der Waals surface area contributed by atoms with Crippen molar-refractivity contribution in [1.82, 2.24) is 0 Å². The normalized spacial score (nSPS) is 22.8. The zero-order valence-corrected chi connectivity index (χ0v) is 15.6. The third-order valence-corrected chi connectivity index (χ3v) is 8.95. The quantitative estimate of drug-likeness (QED) is 0.491. The Labute approximate surface area is 135 Å². The molecule has 2 nitrogen and oxygen atoms in total. The maximum absolute atomic E-state index is 6.06. The van der Waals surface area contributed by atoms with Crippen LogP contribution in [0.4, 0.5) is 0 Å². The predicted molar refractivity (Wildman–Crippen MR) is 89.7 cm³/mol. The SMILES string of the molecule is C[Si]1(CCCS)OCc2cc([Si](Cl)(Cl)Cl)ccc2O1. The fourth-order valence-electron chi connectivity index (χ4n) is 1.98. The summed E-state index contributed by atoms with van der Waals surface area (Å²) in [5.41, 5.74) is 0.965. The Morgan fingerprint density at radius 3 is 2.74 bits per heavy atom. The van der Waals surface area contributed by atoms with Gasteiger partial charge in [0.1, 0.15) is 5.75 Å². The van der Waals surface area contributed by atoms with E-state index >= 15 is 0 Å². The highest BCUT2D eigenvalue weighted by atomic mass is 35.8. The fraction of sp³-hybridized carbons (Fsp3) is 0.455. The van der Waals surface area contributed by atoms with Gasteiger partial charge in [-0.05, 0) is 30.0 Å². The van der Waals surface area contributed by atoms with Gasteiger partial charge in [-0.3, -0.25) is 0 Å². The molecule has 1 atom stereocenters. The molecular weight excluding hydrogens is 359 g/mol. The van der Waals surface area contributed by atoms with Crippen molar-refractivity contribution in [3.05, 3.63) is 23.8 Å². The van der Waals surface area contributed by atoms with E-state index < -0.39 is 14.6 Å². The first-order valence-electron chi connectivity index (χ1n) is 5.98. The van der Waals surface area contributed by atoms with Crippen LogP contribution < -0.4 is 9.61 Å². The second-order valence-corrected chi connectivity index (χ2v) is 16.8. The third kappa shape index (κ3) is 4.06. The molecule has 1 aliphatic rings. The Morgan fingerprint density at radius 2 is 2.11 bits per heavy atom. The molecule has 0 amide bonds. The Kier molecular flexibility index (Phi) is 5.20. The zero-order valence-electron chi connectivity index (χ0n) is 10.5. The van der Waals surface area contributed by atoms with Crippen molar-refractivity contribution in [3.8, 4) is 5.75 Å². The highest BCUT2D eigenvalue weighted by Gasteiger charge is 2.38. The Hall–Kier alpha value is 0.634. The molecule has 1 aliphatic heterocycles. The zero-order chi connectivity index (χ0) is 14.1. The highest BCUT2D eigenvalue weighted by Crippen LogP contribution is 2.32. The number of benzene rings is 1. The van der Waals surface area contributed by atoms with Crippen molar-refractivity contribution in [3.63, 3.8) is 0 Å². The molecule has 0 saturated heterocycles. The second-order valence-electron chi connectivity index (χ2n) is 4.67. The summed E-state index contributed by atoms with van der Waals surface area (Å²) < 4.78 is 12.0. The van der Waals surface area contributed by atoms with Crippen LogP contribution in [0.2, 0.25) is 12.6 Å². The van der Waals surface area contributed by atoms with E-state index in [1.807, 2.05) is 18.2 Å². The van der Waals surface area contributed by atoms with E-state index in [0.717, 1.165) is 34.7 Å². The van der Waals surface area contributed by atoms with Gasteiger partial charge in [-0.15, -0.1) is 33.2 Å². The molecule has 0 saturated carbocycles. The summed E-state index contributed by atoms with van der Waals surface area (Å²) in [5, 5.41) is 0.768. The van der Waals surface area contributed by atoms with Gasteiger partial charge in [0.2, 0.25) is 0 Å². The van der Waals surface area contributed by atoms with Crippen LogP contribution in [0.25, 0.3) is 0 Å². The Morgan fingerprint density at radius 1 is 1.37 bits per heavy atom. The molecule has 2 rings (SSSR count). The predicted octanol–water partition coefficient (Wildman–Crippen LogP) is 3.85. The van der Waals surface area contributed by atoms with Crippen molar-refractivity contribution < 1.29 is 8.85 Å². The maximum atomic E-state index is 6.06. The largest absolute Gasteiger partial charge is 0.520 e. The molecule has 1 aromatic rings. The van der Waals surface area contributed by atoms with Gasteiger partial charge in [-0.1, -0.05) is 12.1 Å². The van der Waals surface area contributed by atoms with Gasteiger partial charge in [-0.2, -0.15) is 12.6 Å². The number of thiol groups is 1. The van der Waals surface area contributed by atoms with Crippen LogP contribution >= 0.6 is 45.9 Å². The molecule has 0 spiro atoms. The average Bonchev–Trinajstić information content (AvgIpc) is 2.34. The minimum absolute atomic E-state index is 0.535. The lowest BCUT2D eigenvalue weighted by Crippen LogP contribution is -2.45. The monoisotopic (exact) mass is 372 g/mol. The number of fused-ring (bicyclic) bond motifs is 1. The first-order valence-corrected chi connectivity index (χ1v) is 14.2. The molecule has 0 bridgehead atoms. The van der Waals surface area contributed by atoms with Gasteiger partial charge in [0.15, 0.2) is 0 Å². The smallest absolute Gasteiger partial charge is 0.395 e. The Balaban J connectivity index is 2.19. The van der Waals surface area contributed by atoms with Crippen LogP contribution in [-0.4, -0.2) is 20.3 Å². The van der Waals surface area contributed by atoms with Crippen molar-refractivity contribution in [2.75, 3.05) is 5.75 Å². The average molecular weight is 374 g/mol. The molecule has 0 aliphatic carbocycles. The van der Waals surface area contributed by atoms with E-state index in [4.69, 9.17) is 42.1 Å². The topological polar surface area (TPSA) is 18.5 Å². The van der Waals surface area contributed by atoms with E-state index in [1.165, 1.54) is 0 Å². The van der Waals surface area contributed by atoms with Crippen LogP contribution in [0, 0.1) is 0 Å². The van der Waals surface area contributed by atoms with Crippen LogP contribution in [0.15, 0.2) is 18.2 Å². The minimum Gasteiger partial charge on any atom is -0.520 e. The number of hydrogen-bond acceptors (Lipinski definition) is 3.